The summed E-state index contributed by atoms with van der Waals surface area (Å²) < 4.78 is 11.5. The maximum atomic E-state index is 12.7. The number of anilines is 2. The van der Waals surface area contributed by atoms with Gasteiger partial charge in [-0.3, -0.25) is 9.59 Å². The van der Waals surface area contributed by atoms with Gasteiger partial charge in [0.15, 0.2) is 0 Å². The summed E-state index contributed by atoms with van der Waals surface area (Å²) >= 11 is 0. The van der Waals surface area contributed by atoms with E-state index < -0.39 is 0 Å². The maximum absolute atomic E-state index is 12.7. The zero-order chi connectivity index (χ0) is 30.6. The summed E-state index contributed by atoms with van der Waals surface area (Å²) in [4.78, 5) is 25.4. The highest BCUT2D eigenvalue weighted by atomic mass is 16.5. The molecule has 0 aromatic heterocycles. The Kier molecular flexibility index (Phi) is 11.4. The third-order valence-corrected chi connectivity index (χ3v) is 6.99. The normalized spacial score (nSPS) is 10.9. The topological polar surface area (TPSA) is 76.7 Å². The Balaban J connectivity index is 1.24. The Morgan fingerprint density at radius 3 is 1.21 bits per heavy atom. The van der Waals surface area contributed by atoms with Gasteiger partial charge in [0.2, 0.25) is 0 Å². The molecular weight excluding hydrogens is 536 g/mol. The van der Waals surface area contributed by atoms with Crippen molar-refractivity contribution < 1.29 is 19.1 Å². The second-order valence-electron chi connectivity index (χ2n) is 11.6. The lowest BCUT2D eigenvalue weighted by atomic mass is 10.0. The molecule has 2 amide bonds. The summed E-state index contributed by atoms with van der Waals surface area (Å²) in [5, 5.41) is 5.91. The van der Waals surface area contributed by atoms with Crippen LogP contribution in [-0.2, 0) is 6.42 Å². The summed E-state index contributed by atoms with van der Waals surface area (Å²) in [5.41, 5.74) is 4.87. The SMILES string of the molecule is CC(C)CCOc1ccc(C(=O)Nc2ccc(Cc3ccc(NC(=O)c4ccc(OCCC(C)C)cc4)cc3)cc2)cc1. The van der Waals surface area contributed by atoms with Crippen LogP contribution in [-0.4, -0.2) is 25.0 Å². The van der Waals surface area contributed by atoms with E-state index in [1.165, 1.54) is 0 Å². The number of ether oxygens (including phenoxy) is 2. The predicted octanol–water partition coefficient (Wildman–Crippen LogP) is 8.63. The zero-order valence-electron chi connectivity index (χ0n) is 25.6. The monoisotopic (exact) mass is 578 g/mol. The molecule has 43 heavy (non-hydrogen) atoms. The van der Waals surface area contributed by atoms with Crippen molar-refractivity contribution in [3.63, 3.8) is 0 Å². The molecule has 4 aromatic rings. The van der Waals surface area contributed by atoms with Crippen molar-refractivity contribution in [3.05, 3.63) is 119 Å². The number of hydrogen-bond donors (Lipinski definition) is 2. The lowest BCUT2D eigenvalue weighted by Gasteiger charge is -2.10. The summed E-state index contributed by atoms with van der Waals surface area (Å²) in [7, 11) is 0. The smallest absolute Gasteiger partial charge is 0.255 e. The van der Waals surface area contributed by atoms with Crippen LogP contribution in [0.4, 0.5) is 11.4 Å². The van der Waals surface area contributed by atoms with Crippen LogP contribution in [0.1, 0.15) is 72.4 Å². The number of hydrogen-bond acceptors (Lipinski definition) is 4. The lowest BCUT2D eigenvalue weighted by molar-refractivity contribution is 0.101. The Morgan fingerprint density at radius 1 is 0.535 bits per heavy atom. The fourth-order valence-corrected chi connectivity index (χ4v) is 4.28. The minimum Gasteiger partial charge on any atom is -0.494 e. The molecule has 4 aromatic carbocycles. The molecule has 0 aliphatic heterocycles. The van der Waals surface area contributed by atoms with Crippen molar-refractivity contribution in [3.8, 4) is 11.5 Å². The van der Waals surface area contributed by atoms with Gasteiger partial charge >= 0.3 is 0 Å². The molecule has 6 heteroatoms. The van der Waals surface area contributed by atoms with Crippen molar-refractivity contribution in [1.29, 1.82) is 0 Å². The van der Waals surface area contributed by atoms with E-state index >= 15 is 0 Å². The predicted molar refractivity (Wildman–Crippen MR) is 174 cm³/mol. The van der Waals surface area contributed by atoms with E-state index in [1.807, 2.05) is 72.8 Å². The van der Waals surface area contributed by atoms with E-state index in [0.29, 0.717) is 36.2 Å². The van der Waals surface area contributed by atoms with Crippen LogP contribution in [0, 0.1) is 11.8 Å². The number of amides is 2. The van der Waals surface area contributed by atoms with E-state index in [2.05, 4.69) is 38.3 Å². The molecule has 0 unspecified atom stereocenters. The van der Waals surface area contributed by atoms with Crippen LogP contribution in [0.2, 0.25) is 0 Å². The fraction of sp³-hybridized carbons (Fsp3) is 0.297. The van der Waals surface area contributed by atoms with E-state index in [0.717, 1.165) is 53.3 Å². The molecule has 0 saturated heterocycles. The molecule has 0 saturated carbocycles. The van der Waals surface area contributed by atoms with E-state index in [4.69, 9.17) is 9.47 Å². The average molecular weight is 579 g/mol. The highest BCUT2D eigenvalue weighted by molar-refractivity contribution is 6.05. The molecule has 4 rings (SSSR count). The van der Waals surface area contributed by atoms with Gasteiger partial charge in [-0.2, -0.15) is 0 Å². The summed E-state index contributed by atoms with van der Waals surface area (Å²) in [6, 6.07) is 30.1. The Labute approximate surface area is 255 Å². The molecule has 0 fully saturated rings. The Bertz CT molecular complexity index is 1330. The first-order chi connectivity index (χ1) is 20.7. The number of rotatable bonds is 14. The number of nitrogens with one attached hydrogen (secondary N) is 2. The van der Waals surface area contributed by atoms with Crippen LogP contribution < -0.4 is 20.1 Å². The quantitative estimate of drug-likeness (QED) is 0.157. The average Bonchev–Trinajstić information content (AvgIpc) is 2.99. The highest BCUT2D eigenvalue weighted by Gasteiger charge is 2.09. The second-order valence-corrected chi connectivity index (χ2v) is 11.6. The lowest BCUT2D eigenvalue weighted by Crippen LogP contribution is -2.12. The van der Waals surface area contributed by atoms with Crippen LogP contribution in [0.5, 0.6) is 11.5 Å². The standard InChI is InChI=1S/C37H42N2O4/c1-26(2)21-23-42-34-17-9-30(10-18-34)36(40)38-32-13-5-28(6-14-32)25-29-7-15-33(16-8-29)39-37(41)31-11-19-35(20-12-31)43-24-22-27(3)4/h5-20,26-27H,21-25H2,1-4H3,(H,38,40)(H,39,41). The largest absolute Gasteiger partial charge is 0.494 e. The van der Waals surface area contributed by atoms with Crippen molar-refractivity contribution >= 4 is 23.2 Å². The Hall–Kier alpha value is -4.58. The van der Waals surface area contributed by atoms with Crippen LogP contribution in [0.25, 0.3) is 0 Å². The molecule has 0 atom stereocenters. The van der Waals surface area contributed by atoms with Gasteiger partial charge in [-0.25, -0.2) is 0 Å². The highest BCUT2D eigenvalue weighted by Crippen LogP contribution is 2.19. The van der Waals surface area contributed by atoms with Crippen LogP contribution in [0.15, 0.2) is 97.1 Å². The van der Waals surface area contributed by atoms with Crippen LogP contribution >= 0.6 is 0 Å². The summed E-state index contributed by atoms with van der Waals surface area (Å²) in [5.74, 6) is 2.39. The summed E-state index contributed by atoms with van der Waals surface area (Å²) in [6.45, 7) is 9.99. The summed E-state index contributed by atoms with van der Waals surface area (Å²) in [6.07, 6.45) is 2.72. The first-order valence-electron chi connectivity index (χ1n) is 15.0. The fourth-order valence-electron chi connectivity index (χ4n) is 4.28. The molecule has 0 aliphatic rings. The van der Waals surface area contributed by atoms with Gasteiger partial charge < -0.3 is 20.1 Å². The van der Waals surface area contributed by atoms with Gasteiger partial charge in [0.25, 0.3) is 11.8 Å². The number of carbonyl (C=O) groups excluding carboxylic acids is 2. The van der Waals surface area contributed by atoms with E-state index in [1.54, 1.807) is 24.3 Å². The molecule has 0 aliphatic carbocycles. The van der Waals surface area contributed by atoms with Crippen molar-refractivity contribution in [1.82, 2.24) is 0 Å². The molecule has 0 heterocycles. The van der Waals surface area contributed by atoms with Gasteiger partial charge in [-0.05, 0) is 115 Å². The van der Waals surface area contributed by atoms with E-state index in [9.17, 15) is 9.59 Å². The van der Waals surface area contributed by atoms with Gasteiger partial charge in [0, 0.05) is 22.5 Å². The van der Waals surface area contributed by atoms with Gasteiger partial charge in [-0.15, -0.1) is 0 Å². The van der Waals surface area contributed by atoms with Crippen LogP contribution in [0.3, 0.4) is 0 Å². The number of benzene rings is 4. The third kappa shape index (κ3) is 10.3. The molecule has 0 radical (unpaired) electrons. The van der Waals surface area contributed by atoms with Crippen molar-refractivity contribution in [2.24, 2.45) is 11.8 Å². The molecule has 2 N–H and O–H groups in total. The molecular formula is C37H42N2O4. The second kappa shape index (κ2) is 15.6. The van der Waals surface area contributed by atoms with E-state index in [-0.39, 0.29) is 11.8 Å². The Morgan fingerprint density at radius 2 is 0.884 bits per heavy atom. The first kappa shape index (κ1) is 31.4. The number of carbonyl (C=O) groups is 2. The molecule has 0 spiro atoms. The minimum absolute atomic E-state index is 0.162. The van der Waals surface area contributed by atoms with Crippen molar-refractivity contribution in [2.45, 2.75) is 47.0 Å². The molecule has 6 nitrogen and oxygen atoms in total. The van der Waals surface area contributed by atoms with Crippen molar-refractivity contribution in [2.75, 3.05) is 23.8 Å². The van der Waals surface area contributed by atoms with Gasteiger partial charge in [-0.1, -0.05) is 52.0 Å². The third-order valence-electron chi connectivity index (χ3n) is 6.99. The van der Waals surface area contributed by atoms with Gasteiger partial charge in [0.05, 0.1) is 13.2 Å². The maximum Gasteiger partial charge on any atom is 0.255 e. The van der Waals surface area contributed by atoms with Gasteiger partial charge in [0.1, 0.15) is 11.5 Å². The molecule has 0 bridgehead atoms. The minimum atomic E-state index is -0.162. The molecule has 224 valence electrons. The first-order valence-corrected chi connectivity index (χ1v) is 15.0. The zero-order valence-corrected chi connectivity index (χ0v) is 25.6.